The molecule has 5 heteroatoms. The van der Waals surface area contributed by atoms with E-state index in [1.165, 1.54) is 12.8 Å². The van der Waals surface area contributed by atoms with Crippen LogP contribution in [0.15, 0.2) is 24.3 Å². The van der Waals surface area contributed by atoms with Gasteiger partial charge in [-0.15, -0.1) is 0 Å². The molecule has 0 radical (unpaired) electrons. The normalized spacial score (nSPS) is 24.8. The standard InChI is InChI=1S/C16H25N3O2/c1-2-19-9-10-20-15(11-19)16(18-17)12-3-5-13(6-4-12)21-14-7-8-14/h3-6,14-16,18H,2,7-11,17H2,1H3. The third-order valence-corrected chi connectivity index (χ3v) is 4.24. The average Bonchev–Trinajstić information content (AvgIpc) is 3.34. The van der Waals surface area contributed by atoms with Crippen molar-refractivity contribution in [3.05, 3.63) is 29.8 Å². The highest BCUT2D eigenvalue weighted by atomic mass is 16.5. The second-order valence-electron chi connectivity index (χ2n) is 5.83. The Bertz CT molecular complexity index is 447. The van der Waals surface area contributed by atoms with E-state index in [4.69, 9.17) is 15.3 Å². The molecule has 21 heavy (non-hydrogen) atoms. The van der Waals surface area contributed by atoms with Crippen LogP contribution in [0.25, 0.3) is 0 Å². The molecule has 2 aliphatic rings. The highest BCUT2D eigenvalue weighted by Crippen LogP contribution is 2.28. The summed E-state index contributed by atoms with van der Waals surface area (Å²) in [4.78, 5) is 2.39. The number of nitrogens with two attached hydrogens (primary N) is 1. The summed E-state index contributed by atoms with van der Waals surface area (Å²) in [7, 11) is 0. The lowest BCUT2D eigenvalue weighted by Gasteiger charge is -2.36. The number of ether oxygens (including phenoxy) is 2. The summed E-state index contributed by atoms with van der Waals surface area (Å²) in [5.41, 5.74) is 4.06. The van der Waals surface area contributed by atoms with Gasteiger partial charge in [-0.05, 0) is 37.1 Å². The molecule has 3 N–H and O–H groups in total. The van der Waals surface area contributed by atoms with Crippen LogP contribution in [0.1, 0.15) is 31.4 Å². The molecule has 3 rings (SSSR count). The zero-order valence-corrected chi connectivity index (χ0v) is 12.6. The lowest BCUT2D eigenvalue weighted by Crippen LogP contribution is -2.49. The maximum absolute atomic E-state index is 5.91. The Kier molecular flexibility index (Phi) is 4.75. The van der Waals surface area contributed by atoms with Crippen molar-refractivity contribution in [2.45, 2.75) is 38.0 Å². The van der Waals surface area contributed by atoms with E-state index in [0.29, 0.717) is 6.10 Å². The minimum Gasteiger partial charge on any atom is -0.490 e. The molecule has 2 atom stereocenters. The third-order valence-electron chi connectivity index (χ3n) is 4.24. The molecule has 0 aromatic heterocycles. The Morgan fingerprint density at radius 1 is 1.38 bits per heavy atom. The van der Waals surface area contributed by atoms with Gasteiger partial charge in [-0.25, -0.2) is 0 Å². The van der Waals surface area contributed by atoms with E-state index in [1.54, 1.807) is 0 Å². The Morgan fingerprint density at radius 2 is 2.14 bits per heavy atom. The minimum absolute atomic E-state index is 0.00863. The van der Waals surface area contributed by atoms with Gasteiger partial charge in [-0.1, -0.05) is 19.1 Å². The van der Waals surface area contributed by atoms with Crippen LogP contribution in [0.5, 0.6) is 5.75 Å². The molecule has 1 aliphatic carbocycles. The number of benzene rings is 1. The number of morpholine rings is 1. The topological polar surface area (TPSA) is 59.8 Å². The van der Waals surface area contributed by atoms with E-state index in [1.807, 2.05) is 12.1 Å². The van der Waals surface area contributed by atoms with Gasteiger partial charge in [-0.2, -0.15) is 0 Å². The van der Waals surface area contributed by atoms with Crippen LogP contribution in [0, 0.1) is 0 Å². The van der Waals surface area contributed by atoms with Crippen LogP contribution in [0.3, 0.4) is 0 Å². The number of nitrogens with zero attached hydrogens (tertiary/aromatic N) is 1. The second-order valence-corrected chi connectivity index (χ2v) is 5.83. The molecule has 2 unspecified atom stereocenters. The van der Waals surface area contributed by atoms with Gasteiger partial charge < -0.3 is 9.47 Å². The fourth-order valence-electron chi connectivity index (χ4n) is 2.77. The van der Waals surface area contributed by atoms with E-state index in [9.17, 15) is 0 Å². The maximum Gasteiger partial charge on any atom is 0.119 e. The zero-order chi connectivity index (χ0) is 14.7. The Balaban J connectivity index is 1.66. The number of hydrogen-bond acceptors (Lipinski definition) is 5. The van der Waals surface area contributed by atoms with Crippen molar-refractivity contribution < 1.29 is 9.47 Å². The quantitative estimate of drug-likeness (QED) is 0.614. The first kappa shape index (κ1) is 14.8. The van der Waals surface area contributed by atoms with E-state index in [2.05, 4.69) is 29.4 Å². The molecule has 0 spiro atoms. The fourth-order valence-corrected chi connectivity index (χ4v) is 2.77. The number of nitrogens with one attached hydrogen (secondary N) is 1. The molecule has 1 aromatic carbocycles. The van der Waals surface area contributed by atoms with Gasteiger partial charge in [0.05, 0.1) is 24.9 Å². The molecule has 0 amide bonds. The van der Waals surface area contributed by atoms with Crippen molar-refractivity contribution >= 4 is 0 Å². The first-order valence-corrected chi connectivity index (χ1v) is 7.87. The molecule has 1 saturated heterocycles. The largest absolute Gasteiger partial charge is 0.490 e. The summed E-state index contributed by atoms with van der Waals surface area (Å²) in [5, 5.41) is 0. The van der Waals surface area contributed by atoms with Gasteiger partial charge in [0.25, 0.3) is 0 Å². The van der Waals surface area contributed by atoms with Crippen molar-refractivity contribution in [2.24, 2.45) is 5.84 Å². The molecule has 0 bridgehead atoms. The summed E-state index contributed by atoms with van der Waals surface area (Å²) >= 11 is 0. The molecule has 2 fully saturated rings. The van der Waals surface area contributed by atoms with Crippen molar-refractivity contribution in [2.75, 3.05) is 26.2 Å². The van der Waals surface area contributed by atoms with Crippen LogP contribution < -0.4 is 16.0 Å². The van der Waals surface area contributed by atoms with Crippen LogP contribution in [0.4, 0.5) is 0 Å². The molecule has 116 valence electrons. The van der Waals surface area contributed by atoms with Crippen LogP contribution in [-0.2, 0) is 4.74 Å². The van der Waals surface area contributed by atoms with Crippen LogP contribution in [-0.4, -0.2) is 43.3 Å². The van der Waals surface area contributed by atoms with Gasteiger partial charge in [-0.3, -0.25) is 16.2 Å². The monoisotopic (exact) mass is 291 g/mol. The molecule has 5 nitrogen and oxygen atoms in total. The van der Waals surface area contributed by atoms with Crippen molar-refractivity contribution in [3.8, 4) is 5.75 Å². The Morgan fingerprint density at radius 3 is 2.76 bits per heavy atom. The highest BCUT2D eigenvalue weighted by molar-refractivity contribution is 5.30. The maximum atomic E-state index is 5.91. The summed E-state index contributed by atoms with van der Waals surface area (Å²) in [6, 6.07) is 8.22. The number of likely N-dealkylation sites (N-methyl/N-ethyl adjacent to an activating group) is 1. The van der Waals surface area contributed by atoms with Crippen LogP contribution >= 0.6 is 0 Å². The van der Waals surface area contributed by atoms with E-state index < -0.39 is 0 Å². The Hall–Kier alpha value is -1.14. The zero-order valence-electron chi connectivity index (χ0n) is 12.6. The number of hydrogen-bond donors (Lipinski definition) is 2. The van der Waals surface area contributed by atoms with Crippen molar-refractivity contribution in [3.63, 3.8) is 0 Å². The summed E-state index contributed by atoms with van der Waals surface area (Å²) in [6.07, 6.45) is 2.87. The van der Waals surface area contributed by atoms with E-state index >= 15 is 0 Å². The SMILES string of the molecule is CCN1CCOC(C(NN)c2ccc(OC3CC3)cc2)C1. The molecular formula is C16H25N3O2. The predicted octanol–water partition coefficient (Wildman–Crippen LogP) is 1.45. The lowest BCUT2D eigenvalue weighted by molar-refractivity contribution is -0.0456. The van der Waals surface area contributed by atoms with Gasteiger partial charge in [0.1, 0.15) is 5.75 Å². The van der Waals surface area contributed by atoms with Gasteiger partial charge >= 0.3 is 0 Å². The first-order chi connectivity index (χ1) is 10.3. The third kappa shape index (κ3) is 3.74. The van der Waals surface area contributed by atoms with Crippen molar-refractivity contribution in [1.82, 2.24) is 10.3 Å². The lowest BCUT2D eigenvalue weighted by atomic mass is 10.0. The summed E-state index contributed by atoms with van der Waals surface area (Å²) in [6.45, 7) is 5.90. The molecule has 1 heterocycles. The molecule has 1 aromatic rings. The first-order valence-electron chi connectivity index (χ1n) is 7.87. The average molecular weight is 291 g/mol. The second kappa shape index (κ2) is 6.75. The molecular weight excluding hydrogens is 266 g/mol. The number of hydrazine groups is 1. The van der Waals surface area contributed by atoms with E-state index in [-0.39, 0.29) is 12.1 Å². The van der Waals surface area contributed by atoms with Gasteiger partial charge in [0.2, 0.25) is 0 Å². The minimum atomic E-state index is 0.00863. The van der Waals surface area contributed by atoms with Crippen LogP contribution in [0.2, 0.25) is 0 Å². The molecule has 1 aliphatic heterocycles. The smallest absolute Gasteiger partial charge is 0.119 e. The Labute approximate surface area is 126 Å². The molecule has 1 saturated carbocycles. The number of rotatable bonds is 6. The van der Waals surface area contributed by atoms with Crippen molar-refractivity contribution in [1.29, 1.82) is 0 Å². The van der Waals surface area contributed by atoms with E-state index in [0.717, 1.165) is 37.6 Å². The predicted molar refractivity (Wildman–Crippen MR) is 82.0 cm³/mol. The van der Waals surface area contributed by atoms with Gasteiger partial charge in [0, 0.05) is 13.1 Å². The highest BCUT2D eigenvalue weighted by Gasteiger charge is 2.28. The summed E-state index contributed by atoms with van der Waals surface area (Å²) < 4.78 is 11.7. The van der Waals surface area contributed by atoms with Gasteiger partial charge in [0.15, 0.2) is 0 Å². The fraction of sp³-hybridized carbons (Fsp3) is 0.625. The summed E-state index contributed by atoms with van der Waals surface area (Å²) in [5.74, 6) is 6.71.